The lowest BCUT2D eigenvalue weighted by Crippen LogP contribution is -2.37. The van der Waals surface area contributed by atoms with Crippen molar-refractivity contribution in [3.05, 3.63) is 41.5 Å². The number of imidazole rings is 1. The van der Waals surface area contributed by atoms with Crippen molar-refractivity contribution in [2.45, 2.75) is 18.9 Å². The number of nitrogens with zero attached hydrogens (tertiary/aromatic N) is 4. The van der Waals surface area contributed by atoms with Crippen molar-refractivity contribution in [3.63, 3.8) is 0 Å². The quantitative estimate of drug-likeness (QED) is 0.748. The minimum Gasteiger partial charge on any atom is -0.393 e. The van der Waals surface area contributed by atoms with Gasteiger partial charge in [-0.3, -0.25) is 4.40 Å². The molecule has 0 saturated carbocycles. The number of fused-ring (bicyclic) bond motifs is 3. The third-order valence-electron chi connectivity index (χ3n) is 4.82. The maximum Gasteiger partial charge on any atom is 0.157 e. The molecule has 3 heterocycles. The van der Waals surface area contributed by atoms with Crippen molar-refractivity contribution in [1.29, 1.82) is 5.26 Å². The van der Waals surface area contributed by atoms with Crippen LogP contribution in [0.5, 0.6) is 0 Å². The number of β-amino-alcohol motifs (C(OH)–C–C–N with tert-alkyl or cyclic N) is 1. The number of pyridine rings is 1. The lowest BCUT2D eigenvalue weighted by molar-refractivity contribution is 0.00473. The first-order valence-electron chi connectivity index (χ1n) is 7.95. The summed E-state index contributed by atoms with van der Waals surface area (Å²) >= 11 is 0. The molecule has 3 aromatic rings. The van der Waals surface area contributed by atoms with Crippen LogP contribution in [-0.2, 0) is 0 Å². The summed E-state index contributed by atoms with van der Waals surface area (Å²) in [7, 11) is 0. The number of hydrogen-bond acceptors (Lipinski definition) is 5. The Morgan fingerprint density at radius 1 is 1.38 bits per heavy atom. The fourth-order valence-electron chi connectivity index (χ4n) is 3.48. The molecule has 6 nitrogen and oxygen atoms in total. The van der Waals surface area contributed by atoms with Crippen LogP contribution < -0.4 is 4.90 Å². The van der Waals surface area contributed by atoms with Gasteiger partial charge in [0, 0.05) is 6.54 Å². The highest BCUT2D eigenvalue weighted by Crippen LogP contribution is 2.32. The van der Waals surface area contributed by atoms with Crippen molar-refractivity contribution in [1.82, 2.24) is 9.38 Å². The van der Waals surface area contributed by atoms with E-state index in [-0.39, 0.29) is 6.61 Å². The van der Waals surface area contributed by atoms with Crippen molar-refractivity contribution < 1.29 is 10.2 Å². The van der Waals surface area contributed by atoms with Gasteiger partial charge in [-0.25, -0.2) is 4.98 Å². The molecule has 1 aliphatic rings. The van der Waals surface area contributed by atoms with E-state index >= 15 is 0 Å². The fraction of sp³-hybridized carbons (Fsp3) is 0.333. The van der Waals surface area contributed by atoms with Crippen molar-refractivity contribution >= 4 is 22.5 Å². The summed E-state index contributed by atoms with van der Waals surface area (Å²) in [6.07, 6.45) is 0.511. The van der Waals surface area contributed by atoms with Crippen LogP contribution in [0, 0.1) is 18.3 Å². The molecule has 0 spiro atoms. The number of aliphatic hydroxyl groups excluding tert-OH is 1. The van der Waals surface area contributed by atoms with Crippen LogP contribution in [0.4, 0.5) is 5.82 Å². The van der Waals surface area contributed by atoms with Crippen LogP contribution in [0.2, 0.25) is 0 Å². The molecular formula is C18H18N4O2. The molecule has 1 unspecified atom stereocenters. The normalized spacial score (nSPS) is 20.8. The number of aliphatic hydroxyl groups is 2. The molecule has 6 heteroatoms. The van der Waals surface area contributed by atoms with Crippen LogP contribution in [0.3, 0.4) is 0 Å². The highest BCUT2D eigenvalue weighted by atomic mass is 16.3. The van der Waals surface area contributed by atoms with Crippen molar-refractivity contribution in [2.24, 2.45) is 0 Å². The third-order valence-corrected chi connectivity index (χ3v) is 4.82. The average Bonchev–Trinajstić information content (AvgIpc) is 3.16. The first-order valence-corrected chi connectivity index (χ1v) is 7.95. The largest absolute Gasteiger partial charge is 0.393 e. The van der Waals surface area contributed by atoms with E-state index in [9.17, 15) is 15.5 Å². The van der Waals surface area contributed by atoms with E-state index in [0.717, 1.165) is 22.4 Å². The number of aryl methyl sites for hydroxylation is 1. The first kappa shape index (κ1) is 14.9. The Balaban J connectivity index is 2.01. The third kappa shape index (κ3) is 2.06. The minimum absolute atomic E-state index is 0.257. The summed E-state index contributed by atoms with van der Waals surface area (Å²) in [5.41, 5.74) is 2.73. The predicted molar refractivity (Wildman–Crippen MR) is 91.0 cm³/mol. The maximum absolute atomic E-state index is 10.4. The number of aromatic nitrogens is 2. The molecule has 0 amide bonds. The first-order chi connectivity index (χ1) is 11.6. The monoisotopic (exact) mass is 322 g/mol. The number of benzene rings is 1. The highest BCUT2D eigenvalue weighted by molar-refractivity contribution is 5.85. The van der Waals surface area contributed by atoms with Gasteiger partial charge in [-0.1, -0.05) is 12.1 Å². The van der Waals surface area contributed by atoms with Gasteiger partial charge in [-0.2, -0.15) is 5.26 Å². The number of para-hydroxylation sites is 2. The SMILES string of the molecule is Cc1cc(N2CCC(O)(CO)C2)n2c(nc3ccccc32)c1C#N. The molecule has 122 valence electrons. The number of rotatable bonds is 2. The molecular weight excluding hydrogens is 304 g/mol. The van der Waals surface area contributed by atoms with Crippen molar-refractivity contribution in [2.75, 3.05) is 24.6 Å². The minimum atomic E-state index is -1.08. The summed E-state index contributed by atoms with van der Waals surface area (Å²) in [6, 6.07) is 12.0. The van der Waals surface area contributed by atoms with Gasteiger partial charge >= 0.3 is 0 Å². The van der Waals surface area contributed by atoms with E-state index in [1.165, 1.54) is 0 Å². The Labute approximate surface area is 139 Å². The molecule has 0 aliphatic carbocycles. The van der Waals surface area contributed by atoms with Gasteiger partial charge in [0.1, 0.15) is 17.5 Å². The van der Waals surface area contributed by atoms with E-state index in [1.807, 2.05) is 46.6 Å². The molecule has 2 N–H and O–H groups in total. The van der Waals surface area contributed by atoms with Gasteiger partial charge in [0.05, 0.1) is 29.7 Å². The molecule has 1 aromatic carbocycles. The smallest absolute Gasteiger partial charge is 0.157 e. The van der Waals surface area contributed by atoms with E-state index in [4.69, 9.17) is 0 Å². The van der Waals surface area contributed by atoms with Gasteiger partial charge in [0.25, 0.3) is 0 Å². The van der Waals surface area contributed by atoms with E-state index in [1.54, 1.807) is 0 Å². The summed E-state index contributed by atoms with van der Waals surface area (Å²) in [6.45, 7) is 2.64. The number of anilines is 1. The zero-order chi connectivity index (χ0) is 16.9. The average molecular weight is 322 g/mol. The lowest BCUT2D eigenvalue weighted by Gasteiger charge is -2.24. The second-order valence-corrected chi connectivity index (χ2v) is 6.49. The van der Waals surface area contributed by atoms with E-state index in [0.29, 0.717) is 30.7 Å². The molecule has 1 saturated heterocycles. The standard InChI is InChI=1S/C18H18N4O2/c1-12-8-16(21-7-6-18(24,10-21)11-23)22-15-5-3-2-4-14(15)20-17(22)13(12)9-19/h2-5,8,23-24H,6-7,10-11H2,1H3. The van der Waals surface area contributed by atoms with E-state index < -0.39 is 5.60 Å². The number of nitriles is 1. The molecule has 0 radical (unpaired) electrons. The van der Waals surface area contributed by atoms with Crippen LogP contribution in [0.25, 0.3) is 16.7 Å². The molecule has 24 heavy (non-hydrogen) atoms. The molecule has 2 aromatic heterocycles. The Kier molecular flexibility index (Phi) is 3.23. The highest BCUT2D eigenvalue weighted by Gasteiger charge is 2.36. The zero-order valence-electron chi connectivity index (χ0n) is 13.4. The van der Waals surface area contributed by atoms with Crippen molar-refractivity contribution in [3.8, 4) is 6.07 Å². The zero-order valence-corrected chi connectivity index (χ0v) is 13.4. The Bertz CT molecular complexity index is 988. The lowest BCUT2D eigenvalue weighted by atomic mass is 10.1. The second kappa shape index (κ2) is 5.20. The van der Waals surface area contributed by atoms with Gasteiger partial charge in [0.15, 0.2) is 5.65 Å². The van der Waals surface area contributed by atoms with Crippen LogP contribution >= 0.6 is 0 Å². The number of hydrogen-bond donors (Lipinski definition) is 2. The Morgan fingerprint density at radius 3 is 2.88 bits per heavy atom. The van der Waals surface area contributed by atoms with Crippen LogP contribution in [0.1, 0.15) is 17.5 Å². The fourth-order valence-corrected chi connectivity index (χ4v) is 3.48. The van der Waals surface area contributed by atoms with Crippen LogP contribution in [0.15, 0.2) is 30.3 Å². The summed E-state index contributed by atoms with van der Waals surface area (Å²) < 4.78 is 1.98. The summed E-state index contributed by atoms with van der Waals surface area (Å²) in [5, 5.41) is 29.3. The summed E-state index contributed by atoms with van der Waals surface area (Å²) in [5.74, 6) is 0.888. The molecule has 0 bridgehead atoms. The molecule has 1 fully saturated rings. The second-order valence-electron chi connectivity index (χ2n) is 6.49. The maximum atomic E-state index is 10.4. The van der Waals surface area contributed by atoms with Gasteiger partial charge < -0.3 is 15.1 Å². The Morgan fingerprint density at radius 2 is 2.17 bits per heavy atom. The predicted octanol–water partition coefficient (Wildman–Crippen LogP) is 1.60. The van der Waals surface area contributed by atoms with Gasteiger partial charge in [-0.15, -0.1) is 0 Å². The van der Waals surface area contributed by atoms with E-state index in [2.05, 4.69) is 11.1 Å². The van der Waals surface area contributed by atoms with Gasteiger partial charge in [-0.05, 0) is 37.1 Å². The molecule has 4 rings (SSSR count). The molecule has 1 aliphatic heterocycles. The molecule has 1 atom stereocenters. The van der Waals surface area contributed by atoms with Gasteiger partial charge in [0.2, 0.25) is 0 Å². The summed E-state index contributed by atoms with van der Waals surface area (Å²) in [4.78, 5) is 6.68. The Hall–Kier alpha value is -2.62. The topological polar surface area (TPSA) is 84.8 Å². The van der Waals surface area contributed by atoms with Crippen LogP contribution in [-0.4, -0.2) is 44.9 Å².